The van der Waals surface area contributed by atoms with Crippen LogP contribution in [-0.4, -0.2) is 17.7 Å². The van der Waals surface area contributed by atoms with Gasteiger partial charge in [-0.2, -0.15) is 5.10 Å². The third kappa shape index (κ3) is 4.06. The third-order valence-corrected chi connectivity index (χ3v) is 5.38. The van der Waals surface area contributed by atoms with E-state index in [2.05, 4.69) is 10.5 Å². The second-order valence-corrected chi connectivity index (χ2v) is 7.50. The number of hydrazone groups is 1. The Morgan fingerprint density at radius 3 is 2.50 bits per heavy atom. The lowest BCUT2D eigenvalue weighted by molar-refractivity contribution is 0.0959. The molecule has 0 atom stereocenters. The number of hydrogen-bond donors (Lipinski definition) is 1. The van der Waals surface area contributed by atoms with E-state index < -0.39 is 0 Å². The SMILES string of the molecule is C/C(=N\NC(=O)c1sc2ccccc2c1Cl)c1ccc(OC(C)C)cc1. The number of hydrogen-bond acceptors (Lipinski definition) is 4. The number of thiophene rings is 1. The maximum atomic E-state index is 12.4. The van der Waals surface area contributed by atoms with Crippen LogP contribution in [0.1, 0.15) is 36.0 Å². The molecule has 134 valence electrons. The molecule has 0 aliphatic heterocycles. The Morgan fingerprint density at radius 2 is 1.85 bits per heavy atom. The minimum Gasteiger partial charge on any atom is -0.491 e. The van der Waals surface area contributed by atoms with Gasteiger partial charge in [-0.25, -0.2) is 5.43 Å². The topological polar surface area (TPSA) is 50.7 Å². The van der Waals surface area contributed by atoms with E-state index in [-0.39, 0.29) is 12.0 Å². The average molecular weight is 387 g/mol. The average Bonchev–Trinajstić information content (AvgIpc) is 2.97. The highest BCUT2D eigenvalue weighted by atomic mass is 35.5. The molecule has 6 heteroatoms. The predicted octanol–water partition coefficient (Wildman–Crippen LogP) is 5.50. The van der Waals surface area contributed by atoms with E-state index in [0.717, 1.165) is 21.4 Å². The van der Waals surface area contributed by atoms with Gasteiger partial charge in [-0.3, -0.25) is 4.79 Å². The van der Waals surface area contributed by atoms with Crippen LogP contribution in [0.5, 0.6) is 5.75 Å². The zero-order valence-electron chi connectivity index (χ0n) is 14.7. The maximum absolute atomic E-state index is 12.4. The molecule has 3 aromatic rings. The summed E-state index contributed by atoms with van der Waals surface area (Å²) in [6, 6.07) is 15.3. The van der Waals surface area contributed by atoms with Crippen molar-refractivity contribution in [2.75, 3.05) is 0 Å². The van der Waals surface area contributed by atoms with Crippen molar-refractivity contribution in [1.29, 1.82) is 0 Å². The van der Waals surface area contributed by atoms with E-state index in [0.29, 0.717) is 15.6 Å². The highest BCUT2D eigenvalue weighted by molar-refractivity contribution is 7.21. The Labute approximate surface area is 161 Å². The molecule has 1 amide bonds. The highest BCUT2D eigenvalue weighted by Gasteiger charge is 2.16. The Hall–Kier alpha value is -2.37. The molecule has 0 aliphatic carbocycles. The van der Waals surface area contributed by atoms with Crippen molar-refractivity contribution in [3.63, 3.8) is 0 Å². The number of nitrogens with zero attached hydrogens (tertiary/aromatic N) is 1. The lowest BCUT2D eigenvalue weighted by atomic mass is 10.1. The summed E-state index contributed by atoms with van der Waals surface area (Å²) in [5.74, 6) is 0.493. The molecular formula is C20H19ClN2O2S. The first-order valence-corrected chi connectivity index (χ1v) is 9.44. The van der Waals surface area contributed by atoms with E-state index in [1.165, 1.54) is 11.3 Å². The summed E-state index contributed by atoms with van der Waals surface area (Å²) in [7, 11) is 0. The zero-order valence-corrected chi connectivity index (χ0v) is 16.3. The Morgan fingerprint density at radius 1 is 1.15 bits per heavy atom. The van der Waals surface area contributed by atoms with Crippen LogP contribution in [0.25, 0.3) is 10.1 Å². The summed E-state index contributed by atoms with van der Waals surface area (Å²) < 4.78 is 6.60. The van der Waals surface area contributed by atoms with Crippen molar-refractivity contribution in [1.82, 2.24) is 5.43 Å². The van der Waals surface area contributed by atoms with Gasteiger partial charge in [0.25, 0.3) is 5.91 Å². The molecule has 4 nitrogen and oxygen atoms in total. The zero-order chi connectivity index (χ0) is 18.7. The quantitative estimate of drug-likeness (QED) is 0.465. The first-order valence-electron chi connectivity index (χ1n) is 8.24. The molecule has 0 aliphatic rings. The number of rotatable bonds is 5. The van der Waals surface area contributed by atoms with Gasteiger partial charge >= 0.3 is 0 Å². The summed E-state index contributed by atoms with van der Waals surface area (Å²) >= 11 is 7.69. The molecule has 3 rings (SSSR count). The number of carbonyl (C=O) groups is 1. The second kappa shape index (κ2) is 7.89. The van der Waals surface area contributed by atoms with Crippen molar-refractivity contribution in [3.05, 3.63) is 64.0 Å². The summed E-state index contributed by atoms with van der Waals surface area (Å²) in [4.78, 5) is 12.9. The van der Waals surface area contributed by atoms with E-state index in [1.807, 2.05) is 69.3 Å². The molecule has 0 saturated heterocycles. The molecule has 1 heterocycles. The molecule has 1 aromatic heterocycles. The lowest BCUT2D eigenvalue weighted by Gasteiger charge is -2.10. The number of carbonyl (C=O) groups excluding carboxylic acids is 1. The van der Waals surface area contributed by atoms with Crippen molar-refractivity contribution in [3.8, 4) is 5.75 Å². The second-order valence-electron chi connectivity index (χ2n) is 6.07. The van der Waals surface area contributed by atoms with Crippen LogP contribution in [0.4, 0.5) is 0 Å². The smallest absolute Gasteiger partial charge is 0.283 e. The van der Waals surface area contributed by atoms with Gasteiger partial charge in [0, 0.05) is 10.1 Å². The van der Waals surface area contributed by atoms with E-state index in [4.69, 9.17) is 16.3 Å². The number of ether oxygens (including phenoxy) is 1. The van der Waals surface area contributed by atoms with Gasteiger partial charge in [0.2, 0.25) is 0 Å². The highest BCUT2D eigenvalue weighted by Crippen LogP contribution is 2.34. The van der Waals surface area contributed by atoms with Gasteiger partial charge in [-0.05, 0) is 56.7 Å². The van der Waals surface area contributed by atoms with Crippen LogP contribution >= 0.6 is 22.9 Å². The first-order chi connectivity index (χ1) is 12.5. The number of amides is 1. The summed E-state index contributed by atoms with van der Waals surface area (Å²) in [6.07, 6.45) is 0.126. The summed E-state index contributed by atoms with van der Waals surface area (Å²) in [5, 5.41) is 5.54. The molecule has 0 fully saturated rings. The molecular weight excluding hydrogens is 368 g/mol. The van der Waals surface area contributed by atoms with Crippen LogP contribution in [0.3, 0.4) is 0 Å². The number of nitrogens with one attached hydrogen (secondary N) is 1. The van der Waals surface area contributed by atoms with E-state index in [9.17, 15) is 4.79 Å². The molecule has 0 unspecified atom stereocenters. The Kier molecular flexibility index (Phi) is 5.59. The predicted molar refractivity (Wildman–Crippen MR) is 109 cm³/mol. The Balaban J connectivity index is 1.73. The molecule has 26 heavy (non-hydrogen) atoms. The van der Waals surface area contributed by atoms with Crippen molar-refractivity contribution >= 4 is 44.6 Å². The fourth-order valence-electron chi connectivity index (χ4n) is 2.46. The minimum atomic E-state index is -0.310. The molecule has 0 spiro atoms. The lowest BCUT2D eigenvalue weighted by Crippen LogP contribution is -2.18. The van der Waals surface area contributed by atoms with Crippen molar-refractivity contribution in [2.45, 2.75) is 26.9 Å². The monoisotopic (exact) mass is 386 g/mol. The van der Waals surface area contributed by atoms with Crippen LogP contribution < -0.4 is 10.2 Å². The van der Waals surface area contributed by atoms with Gasteiger partial charge in [0.1, 0.15) is 10.6 Å². The van der Waals surface area contributed by atoms with Crippen LogP contribution in [-0.2, 0) is 0 Å². The van der Waals surface area contributed by atoms with Gasteiger partial charge in [-0.15, -0.1) is 11.3 Å². The van der Waals surface area contributed by atoms with Crippen LogP contribution in [0.2, 0.25) is 5.02 Å². The molecule has 0 radical (unpaired) electrons. The fraction of sp³-hybridized carbons (Fsp3) is 0.200. The Bertz CT molecular complexity index is 962. The number of benzene rings is 2. The minimum absolute atomic E-state index is 0.126. The summed E-state index contributed by atoms with van der Waals surface area (Å²) in [5.41, 5.74) is 4.20. The van der Waals surface area contributed by atoms with E-state index in [1.54, 1.807) is 0 Å². The molecule has 2 aromatic carbocycles. The van der Waals surface area contributed by atoms with Gasteiger partial charge < -0.3 is 4.74 Å². The normalized spacial score (nSPS) is 11.8. The van der Waals surface area contributed by atoms with Crippen LogP contribution in [0.15, 0.2) is 53.6 Å². The maximum Gasteiger partial charge on any atom is 0.283 e. The van der Waals surface area contributed by atoms with Gasteiger partial charge in [-0.1, -0.05) is 29.8 Å². The standard InChI is InChI=1S/C20H19ClN2O2S/c1-12(2)25-15-10-8-14(9-11-15)13(3)22-23-20(24)19-18(21)16-6-4-5-7-17(16)26-19/h4-12H,1-3H3,(H,23,24)/b22-13+. The number of fused-ring (bicyclic) bond motifs is 1. The van der Waals surface area contributed by atoms with Crippen LogP contribution in [0, 0.1) is 0 Å². The van der Waals surface area contributed by atoms with Crippen molar-refractivity contribution in [2.24, 2.45) is 5.10 Å². The largest absolute Gasteiger partial charge is 0.491 e. The van der Waals surface area contributed by atoms with E-state index >= 15 is 0 Å². The molecule has 1 N–H and O–H groups in total. The van der Waals surface area contributed by atoms with Gasteiger partial charge in [0.15, 0.2) is 0 Å². The molecule has 0 bridgehead atoms. The molecule has 0 saturated carbocycles. The fourth-order valence-corrected chi connectivity index (χ4v) is 3.86. The van der Waals surface area contributed by atoms with Crippen molar-refractivity contribution < 1.29 is 9.53 Å². The summed E-state index contributed by atoms with van der Waals surface area (Å²) in [6.45, 7) is 5.80. The third-order valence-electron chi connectivity index (χ3n) is 3.71. The first kappa shape index (κ1) is 18.4. The van der Waals surface area contributed by atoms with Gasteiger partial charge in [0.05, 0.1) is 16.8 Å². The number of halogens is 1.